The highest BCUT2D eigenvalue weighted by atomic mass is 32.2. The Morgan fingerprint density at radius 3 is 2.47 bits per heavy atom. The molecule has 104 valence electrons. The van der Waals surface area contributed by atoms with Gasteiger partial charge in [-0.15, -0.1) is 0 Å². The van der Waals surface area contributed by atoms with Crippen LogP contribution in [-0.2, 0) is 19.7 Å². The predicted molar refractivity (Wildman–Crippen MR) is 70.0 cm³/mol. The summed E-state index contributed by atoms with van der Waals surface area (Å²) in [6, 6.07) is 6.18. The van der Waals surface area contributed by atoms with Gasteiger partial charge in [-0.3, -0.25) is 9.63 Å². The number of nitrogens with zero attached hydrogens (tertiary/aromatic N) is 1. The standard InChI is InChI=1S/C12H16N2O4S/c1-18-13-19(16,17)11-7-5-10(6-8-11)14-9-3-2-4-12(14)15/h5-8,13H,2-4,9H2,1H3. The number of hydrogen-bond donors (Lipinski definition) is 1. The molecule has 0 unspecified atom stereocenters. The number of amides is 1. The summed E-state index contributed by atoms with van der Waals surface area (Å²) >= 11 is 0. The third-order valence-electron chi connectivity index (χ3n) is 2.98. The van der Waals surface area contributed by atoms with Crippen LogP contribution >= 0.6 is 0 Å². The minimum Gasteiger partial charge on any atom is -0.312 e. The number of piperidine rings is 1. The molecule has 19 heavy (non-hydrogen) atoms. The molecule has 1 saturated heterocycles. The van der Waals surface area contributed by atoms with Crippen molar-refractivity contribution in [3.8, 4) is 0 Å². The van der Waals surface area contributed by atoms with E-state index in [4.69, 9.17) is 0 Å². The van der Waals surface area contributed by atoms with Gasteiger partial charge in [-0.05, 0) is 37.1 Å². The smallest absolute Gasteiger partial charge is 0.262 e. The van der Waals surface area contributed by atoms with Crippen LogP contribution < -0.4 is 9.79 Å². The number of nitrogens with one attached hydrogen (secondary N) is 1. The highest BCUT2D eigenvalue weighted by Gasteiger charge is 2.20. The van der Waals surface area contributed by atoms with Crippen LogP contribution in [0, 0.1) is 0 Å². The van der Waals surface area contributed by atoms with E-state index < -0.39 is 10.0 Å². The van der Waals surface area contributed by atoms with E-state index in [0.29, 0.717) is 13.0 Å². The van der Waals surface area contributed by atoms with Gasteiger partial charge in [-0.25, -0.2) is 8.42 Å². The van der Waals surface area contributed by atoms with Crippen molar-refractivity contribution in [2.24, 2.45) is 0 Å². The van der Waals surface area contributed by atoms with Crippen molar-refractivity contribution in [3.05, 3.63) is 24.3 Å². The van der Waals surface area contributed by atoms with E-state index >= 15 is 0 Å². The van der Waals surface area contributed by atoms with Gasteiger partial charge in [0, 0.05) is 18.7 Å². The molecular weight excluding hydrogens is 268 g/mol. The molecule has 1 N–H and O–H groups in total. The number of rotatable bonds is 4. The topological polar surface area (TPSA) is 75.7 Å². The van der Waals surface area contributed by atoms with Crippen LogP contribution in [0.25, 0.3) is 0 Å². The average Bonchev–Trinajstić information content (AvgIpc) is 2.39. The molecule has 0 aliphatic carbocycles. The maximum absolute atomic E-state index is 11.8. The van der Waals surface area contributed by atoms with Gasteiger partial charge in [0.05, 0.1) is 12.0 Å². The van der Waals surface area contributed by atoms with E-state index in [2.05, 4.69) is 4.84 Å². The summed E-state index contributed by atoms with van der Waals surface area (Å²) in [5, 5.41) is 0. The first-order valence-electron chi connectivity index (χ1n) is 6.00. The molecule has 1 amide bonds. The highest BCUT2D eigenvalue weighted by Crippen LogP contribution is 2.22. The minimum absolute atomic E-state index is 0.0804. The molecule has 1 aliphatic heterocycles. The van der Waals surface area contributed by atoms with Gasteiger partial charge >= 0.3 is 0 Å². The maximum atomic E-state index is 11.8. The minimum atomic E-state index is -3.65. The lowest BCUT2D eigenvalue weighted by atomic mass is 10.1. The zero-order chi connectivity index (χ0) is 13.9. The first-order chi connectivity index (χ1) is 9.04. The molecule has 1 heterocycles. The lowest BCUT2D eigenvalue weighted by Gasteiger charge is -2.26. The third kappa shape index (κ3) is 3.12. The Balaban J connectivity index is 2.21. The van der Waals surface area contributed by atoms with E-state index in [1.54, 1.807) is 17.0 Å². The molecule has 0 spiro atoms. The number of hydrogen-bond acceptors (Lipinski definition) is 4. The molecule has 0 radical (unpaired) electrons. The van der Waals surface area contributed by atoms with Crippen LogP contribution in [0.15, 0.2) is 29.2 Å². The van der Waals surface area contributed by atoms with E-state index in [-0.39, 0.29) is 10.8 Å². The summed E-state index contributed by atoms with van der Waals surface area (Å²) < 4.78 is 23.3. The van der Waals surface area contributed by atoms with Crippen molar-refractivity contribution in [2.45, 2.75) is 24.2 Å². The zero-order valence-electron chi connectivity index (χ0n) is 10.6. The Morgan fingerprint density at radius 2 is 1.89 bits per heavy atom. The van der Waals surface area contributed by atoms with Crippen LogP contribution in [0.1, 0.15) is 19.3 Å². The summed E-state index contributed by atoms with van der Waals surface area (Å²) in [4.78, 5) is 19.9. The number of carbonyl (C=O) groups excluding carboxylic acids is 1. The number of benzene rings is 1. The fourth-order valence-corrected chi connectivity index (χ4v) is 2.85. The second kappa shape index (κ2) is 5.68. The summed E-state index contributed by atoms with van der Waals surface area (Å²) in [5.41, 5.74) is 0.723. The number of anilines is 1. The third-order valence-corrected chi connectivity index (χ3v) is 4.25. The Labute approximate surface area is 112 Å². The Hall–Kier alpha value is -1.44. The fourth-order valence-electron chi connectivity index (χ4n) is 2.04. The molecule has 0 saturated carbocycles. The molecule has 1 aliphatic rings. The summed E-state index contributed by atoms with van der Waals surface area (Å²) in [7, 11) is -2.41. The fraction of sp³-hybridized carbons (Fsp3) is 0.417. The van der Waals surface area contributed by atoms with E-state index in [1.165, 1.54) is 19.2 Å². The van der Waals surface area contributed by atoms with Crippen LogP contribution in [0.4, 0.5) is 5.69 Å². The number of carbonyl (C=O) groups is 1. The monoisotopic (exact) mass is 284 g/mol. The zero-order valence-corrected chi connectivity index (χ0v) is 11.4. The highest BCUT2D eigenvalue weighted by molar-refractivity contribution is 7.89. The van der Waals surface area contributed by atoms with Gasteiger partial charge in [-0.2, -0.15) is 0 Å². The summed E-state index contributed by atoms with van der Waals surface area (Å²) in [6.45, 7) is 0.682. The molecule has 0 aromatic heterocycles. The second-order valence-corrected chi connectivity index (χ2v) is 5.93. The lowest BCUT2D eigenvalue weighted by Crippen LogP contribution is -2.35. The van der Waals surface area contributed by atoms with Crippen molar-refractivity contribution < 1.29 is 18.0 Å². The van der Waals surface area contributed by atoms with Crippen molar-refractivity contribution in [1.82, 2.24) is 4.89 Å². The molecular formula is C12H16N2O4S. The first-order valence-corrected chi connectivity index (χ1v) is 7.48. The van der Waals surface area contributed by atoms with Gasteiger partial charge in [0.15, 0.2) is 0 Å². The van der Waals surface area contributed by atoms with E-state index in [9.17, 15) is 13.2 Å². The van der Waals surface area contributed by atoms with E-state index in [0.717, 1.165) is 18.5 Å². The van der Waals surface area contributed by atoms with Crippen LogP contribution in [0.5, 0.6) is 0 Å². The molecule has 0 bridgehead atoms. The average molecular weight is 284 g/mol. The molecule has 2 rings (SSSR count). The SMILES string of the molecule is CONS(=O)(=O)c1ccc(N2CCCCC2=O)cc1. The summed E-state index contributed by atoms with van der Waals surface area (Å²) in [6.07, 6.45) is 2.43. The van der Waals surface area contributed by atoms with Crippen molar-refractivity contribution in [1.29, 1.82) is 0 Å². The van der Waals surface area contributed by atoms with E-state index in [1.807, 2.05) is 4.89 Å². The van der Waals surface area contributed by atoms with Crippen molar-refractivity contribution in [3.63, 3.8) is 0 Å². The number of sulfonamides is 1. The maximum Gasteiger partial charge on any atom is 0.262 e. The molecule has 1 fully saturated rings. The van der Waals surface area contributed by atoms with Crippen molar-refractivity contribution in [2.75, 3.05) is 18.6 Å². The van der Waals surface area contributed by atoms with Gasteiger partial charge in [-0.1, -0.05) is 4.89 Å². The van der Waals surface area contributed by atoms with Crippen LogP contribution in [0.3, 0.4) is 0 Å². The normalized spacial score (nSPS) is 16.7. The van der Waals surface area contributed by atoms with Crippen molar-refractivity contribution >= 4 is 21.6 Å². The largest absolute Gasteiger partial charge is 0.312 e. The molecule has 1 aromatic carbocycles. The quantitative estimate of drug-likeness (QED) is 0.838. The molecule has 1 aromatic rings. The Kier molecular flexibility index (Phi) is 4.18. The Morgan fingerprint density at radius 1 is 1.21 bits per heavy atom. The Bertz CT molecular complexity index is 554. The molecule has 0 atom stereocenters. The molecule has 7 heteroatoms. The predicted octanol–water partition coefficient (Wildman–Crippen LogP) is 1.04. The second-order valence-electron chi connectivity index (χ2n) is 4.29. The van der Waals surface area contributed by atoms with Gasteiger partial charge < -0.3 is 4.90 Å². The summed E-state index contributed by atoms with van der Waals surface area (Å²) in [5.74, 6) is 0.0804. The van der Waals surface area contributed by atoms with Crippen LogP contribution in [-0.4, -0.2) is 28.0 Å². The lowest BCUT2D eigenvalue weighted by molar-refractivity contribution is -0.119. The molecule has 6 nitrogen and oxygen atoms in total. The van der Waals surface area contributed by atoms with Gasteiger partial charge in [0.2, 0.25) is 5.91 Å². The van der Waals surface area contributed by atoms with Gasteiger partial charge in [0.25, 0.3) is 10.0 Å². The first kappa shape index (κ1) is 14.0. The van der Waals surface area contributed by atoms with Gasteiger partial charge in [0.1, 0.15) is 0 Å². The van der Waals surface area contributed by atoms with Crippen LogP contribution in [0.2, 0.25) is 0 Å².